The van der Waals surface area contributed by atoms with E-state index in [1.54, 1.807) is 0 Å². The Hall–Kier alpha value is -1.55. The van der Waals surface area contributed by atoms with Gasteiger partial charge in [0.25, 0.3) is 0 Å². The molecule has 0 aliphatic carbocycles. The van der Waals surface area contributed by atoms with Gasteiger partial charge in [0.05, 0.1) is 12.6 Å². The van der Waals surface area contributed by atoms with E-state index in [-0.39, 0.29) is 11.9 Å². The molecule has 0 saturated heterocycles. The fourth-order valence-electron chi connectivity index (χ4n) is 1.88. The minimum atomic E-state index is -0.131. The number of hydrogen-bond acceptors (Lipinski definition) is 3. The van der Waals surface area contributed by atoms with E-state index in [1.165, 1.54) is 5.56 Å². The van der Waals surface area contributed by atoms with Crippen LogP contribution >= 0.6 is 0 Å². The highest BCUT2D eigenvalue weighted by molar-refractivity contribution is 5.81. The van der Waals surface area contributed by atoms with E-state index in [0.29, 0.717) is 6.61 Å². The summed E-state index contributed by atoms with van der Waals surface area (Å²) in [7, 11) is 1.96. The van der Waals surface area contributed by atoms with Crippen LogP contribution in [0.2, 0.25) is 0 Å². The molecule has 1 amide bonds. The fourth-order valence-corrected chi connectivity index (χ4v) is 1.88. The molecule has 0 radical (unpaired) electrons. The third-order valence-electron chi connectivity index (χ3n) is 3.26. The maximum atomic E-state index is 11.9. The van der Waals surface area contributed by atoms with Gasteiger partial charge in [0.15, 0.2) is 0 Å². The van der Waals surface area contributed by atoms with Gasteiger partial charge >= 0.3 is 0 Å². The van der Waals surface area contributed by atoms with Crippen molar-refractivity contribution in [3.8, 4) is 5.75 Å². The molecule has 0 fully saturated rings. The second-order valence-corrected chi connectivity index (χ2v) is 4.96. The SMILES string of the molecule is CCCNC(=O)C(C)N(C)Cc1ccc(OCC)cc1. The molecule has 1 rings (SSSR count). The molecule has 4 nitrogen and oxygen atoms in total. The fraction of sp³-hybridized carbons (Fsp3) is 0.562. The molecular formula is C16H26N2O2. The van der Waals surface area contributed by atoms with Crippen molar-refractivity contribution in [2.75, 3.05) is 20.2 Å². The summed E-state index contributed by atoms with van der Waals surface area (Å²) >= 11 is 0. The number of likely N-dealkylation sites (N-methyl/N-ethyl adjacent to an activating group) is 1. The van der Waals surface area contributed by atoms with Gasteiger partial charge in [-0.2, -0.15) is 0 Å². The lowest BCUT2D eigenvalue weighted by atomic mass is 10.2. The maximum absolute atomic E-state index is 11.9. The Morgan fingerprint density at radius 1 is 1.30 bits per heavy atom. The Balaban J connectivity index is 2.51. The Morgan fingerprint density at radius 3 is 2.50 bits per heavy atom. The van der Waals surface area contributed by atoms with Crippen molar-refractivity contribution < 1.29 is 9.53 Å². The van der Waals surface area contributed by atoms with Gasteiger partial charge in [-0.15, -0.1) is 0 Å². The molecule has 1 atom stereocenters. The molecule has 1 aromatic carbocycles. The van der Waals surface area contributed by atoms with E-state index in [9.17, 15) is 4.79 Å². The van der Waals surface area contributed by atoms with Gasteiger partial charge in [-0.25, -0.2) is 0 Å². The van der Waals surface area contributed by atoms with Crippen LogP contribution in [0.25, 0.3) is 0 Å². The van der Waals surface area contributed by atoms with E-state index >= 15 is 0 Å². The average Bonchev–Trinajstić information content (AvgIpc) is 2.46. The van der Waals surface area contributed by atoms with E-state index in [1.807, 2.05) is 50.1 Å². The summed E-state index contributed by atoms with van der Waals surface area (Å²) in [5, 5.41) is 2.92. The highest BCUT2D eigenvalue weighted by Crippen LogP contribution is 2.14. The zero-order valence-electron chi connectivity index (χ0n) is 13.0. The molecule has 20 heavy (non-hydrogen) atoms. The molecule has 0 spiro atoms. The first-order valence-electron chi connectivity index (χ1n) is 7.28. The molecule has 0 saturated carbocycles. The van der Waals surface area contributed by atoms with Crippen LogP contribution < -0.4 is 10.1 Å². The van der Waals surface area contributed by atoms with Crippen molar-refractivity contribution in [3.63, 3.8) is 0 Å². The van der Waals surface area contributed by atoms with Crippen molar-refractivity contribution in [2.45, 2.75) is 39.8 Å². The standard InChI is InChI=1S/C16H26N2O2/c1-5-11-17-16(19)13(3)18(4)12-14-7-9-15(10-8-14)20-6-2/h7-10,13H,5-6,11-12H2,1-4H3,(H,17,19). The van der Waals surface area contributed by atoms with Crippen molar-refractivity contribution in [3.05, 3.63) is 29.8 Å². The number of hydrogen-bond donors (Lipinski definition) is 1. The van der Waals surface area contributed by atoms with Crippen LogP contribution in [-0.2, 0) is 11.3 Å². The first-order chi connectivity index (χ1) is 9.58. The summed E-state index contributed by atoms with van der Waals surface area (Å²) < 4.78 is 5.42. The number of amides is 1. The molecule has 4 heteroatoms. The minimum Gasteiger partial charge on any atom is -0.494 e. The van der Waals surface area contributed by atoms with Gasteiger partial charge in [0.2, 0.25) is 5.91 Å². The molecule has 0 aliphatic rings. The van der Waals surface area contributed by atoms with Crippen LogP contribution in [0, 0.1) is 0 Å². The number of carbonyl (C=O) groups is 1. The number of rotatable bonds is 8. The molecule has 0 bridgehead atoms. The number of carbonyl (C=O) groups excluding carboxylic acids is 1. The van der Waals surface area contributed by atoms with E-state index in [2.05, 4.69) is 12.2 Å². The normalized spacial score (nSPS) is 12.2. The average molecular weight is 278 g/mol. The van der Waals surface area contributed by atoms with Crippen LogP contribution in [0.3, 0.4) is 0 Å². The lowest BCUT2D eigenvalue weighted by molar-refractivity contribution is -0.125. The van der Waals surface area contributed by atoms with Crippen LogP contribution in [0.15, 0.2) is 24.3 Å². The quantitative estimate of drug-likeness (QED) is 0.794. The molecule has 1 unspecified atom stereocenters. The van der Waals surface area contributed by atoms with E-state index in [4.69, 9.17) is 4.74 Å². The third-order valence-corrected chi connectivity index (χ3v) is 3.26. The first-order valence-corrected chi connectivity index (χ1v) is 7.28. The monoisotopic (exact) mass is 278 g/mol. The Labute approximate surface area is 122 Å². The van der Waals surface area contributed by atoms with Crippen LogP contribution in [-0.4, -0.2) is 37.0 Å². The van der Waals surface area contributed by atoms with Crippen molar-refractivity contribution in [1.82, 2.24) is 10.2 Å². The molecule has 1 N–H and O–H groups in total. The van der Waals surface area contributed by atoms with Gasteiger partial charge in [-0.1, -0.05) is 19.1 Å². The van der Waals surface area contributed by atoms with E-state index < -0.39 is 0 Å². The van der Waals surface area contributed by atoms with Crippen molar-refractivity contribution >= 4 is 5.91 Å². The first kappa shape index (κ1) is 16.5. The molecule has 1 aromatic rings. The van der Waals surface area contributed by atoms with Crippen LogP contribution in [0.4, 0.5) is 0 Å². The summed E-state index contributed by atoms with van der Waals surface area (Å²) in [4.78, 5) is 13.9. The highest BCUT2D eigenvalue weighted by Gasteiger charge is 2.17. The van der Waals surface area contributed by atoms with Crippen molar-refractivity contribution in [1.29, 1.82) is 0 Å². The van der Waals surface area contributed by atoms with Gasteiger partial charge in [-0.3, -0.25) is 9.69 Å². The summed E-state index contributed by atoms with van der Waals surface area (Å²) in [5.41, 5.74) is 1.17. The second-order valence-electron chi connectivity index (χ2n) is 4.96. The van der Waals surface area contributed by atoms with Gasteiger partial charge in [0, 0.05) is 13.1 Å². The number of benzene rings is 1. The molecule has 0 aromatic heterocycles. The maximum Gasteiger partial charge on any atom is 0.237 e. The predicted octanol–water partition coefficient (Wildman–Crippen LogP) is 2.43. The Morgan fingerprint density at radius 2 is 1.95 bits per heavy atom. The molecular weight excluding hydrogens is 252 g/mol. The summed E-state index contributed by atoms with van der Waals surface area (Å²) in [5.74, 6) is 0.966. The molecule has 112 valence electrons. The van der Waals surface area contributed by atoms with Gasteiger partial charge < -0.3 is 10.1 Å². The minimum absolute atomic E-state index is 0.0836. The number of nitrogens with zero attached hydrogens (tertiary/aromatic N) is 1. The molecule has 0 aliphatic heterocycles. The lowest BCUT2D eigenvalue weighted by Gasteiger charge is -2.24. The zero-order valence-corrected chi connectivity index (χ0v) is 13.0. The second kappa shape index (κ2) is 8.59. The summed E-state index contributed by atoms with van der Waals surface area (Å²) in [6.45, 7) is 8.10. The highest BCUT2D eigenvalue weighted by atomic mass is 16.5. The Bertz CT molecular complexity index is 403. The largest absolute Gasteiger partial charge is 0.494 e. The van der Waals surface area contributed by atoms with Crippen LogP contribution in [0.5, 0.6) is 5.75 Å². The number of nitrogens with one attached hydrogen (secondary N) is 1. The third kappa shape index (κ3) is 5.21. The van der Waals surface area contributed by atoms with E-state index in [0.717, 1.165) is 25.3 Å². The van der Waals surface area contributed by atoms with Gasteiger partial charge in [-0.05, 0) is 45.0 Å². The van der Waals surface area contributed by atoms with Gasteiger partial charge in [0.1, 0.15) is 5.75 Å². The lowest BCUT2D eigenvalue weighted by Crippen LogP contribution is -2.43. The van der Waals surface area contributed by atoms with Crippen molar-refractivity contribution in [2.24, 2.45) is 0 Å². The topological polar surface area (TPSA) is 41.6 Å². The molecule has 0 heterocycles. The predicted molar refractivity (Wildman–Crippen MR) is 81.8 cm³/mol. The Kier molecular flexibility index (Phi) is 7.09. The van der Waals surface area contributed by atoms with Crippen LogP contribution in [0.1, 0.15) is 32.8 Å². The summed E-state index contributed by atoms with van der Waals surface area (Å²) in [6.07, 6.45) is 0.959. The smallest absolute Gasteiger partial charge is 0.237 e. The number of ether oxygens (including phenoxy) is 1. The summed E-state index contributed by atoms with van der Waals surface area (Å²) in [6, 6.07) is 7.88. The zero-order chi connectivity index (χ0) is 15.0.